The standard InChI is InChI=1S/C61H64O11/c62-60-58(68-41-50-32-18-6-19-33-50)56(66-39-48-28-14-4-15-29-48)55(65-38-47-26-12-3-13-27-47)53(71-60)44-70-61-59(69-42-51-34-20-7-21-35-51)57(67-40-49-30-16-5-17-31-49)54(64-37-46-24-10-2-11-25-46)52(72-61)43-63-36-45-22-8-1-9-23-45/h1-35,52-62H,36-44H2/t52-,53-,54+,55-,56+,57+,58-,59-,60?,61?/m1/s1/i36D,37D,40D,42D/t36?,37?,40?,42?,52-,53-,54+,55-,56+,57+,58-,59-,60?,61?. The smallest absolute Gasteiger partial charge is 0.187 e. The van der Waals surface area contributed by atoms with Gasteiger partial charge in [0.25, 0.3) is 0 Å². The predicted octanol–water partition coefficient (Wildman–Crippen LogP) is 10.2. The van der Waals surface area contributed by atoms with Gasteiger partial charge in [-0.2, -0.15) is 0 Å². The molecule has 7 aromatic rings. The quantitative estimate of drug-likeness (QED) is 0.0591. The Morgan fingerprint density at radius 3 is 1.08 bits per heavy atom. The number of hydrogen-bond donors (Lipinski definition) is 1. The number of rotatable bonds is 25. The Hall–Kier alpha value is -5.90. The van der Waals surface area contributed by atoms with E-state index < -0.39 is 87.7 Å². The highest BCUT2D eigenvalue weighted by molar-refractivity contribution is 5.19. The molecule has 11 nitrogen and oxygen atoms in total. The van der Waals surface area contributed by atoms with Gasteiger partial charge in [0.05, 0.1) is 64.8 Å². The van der Waals surface area contributed by atoms with Gasteiger partial charge in [-0.25, -0.2) is 0 Å². The van der Waals surface area contributed by atoms with Gasteiger partial charge in [-0.3, -0.25) is 0 Å². The first kappa shape index (κ1) is 45.9. The van der Waals surface area contributed by atoms with E-state index in [9.17, 15) is 9.22 Å². The first-order chi connectivity index (χ1) is 37.3. The molecular weight excluding hydrogens is 909 g/mol. The van der Waals surface area contributed by atoms with Gasteiger partial charge in [-0.15, -0.1) is 0 Å². The van der Waals surface area contributed by atoms with Gasteiger partial charge in [0.1, 0.15) is 48.8 Å². The van der Waals surface area contributed by atoms with E-state index in [1.165, 1.54) is 0 Å². The van der Waals surface area contributed by atoms with Crippen LogP contribution in [0.2, 0.25) is 0 Å². The summed E-state index contributed by atoms with van der Waals surface area (Å²) in [6, 6.07) is 65.0. The van der Waals surface area contributed by atoms with E-state index in [-0.39, 0.29) is 33.0 Å². The van der Waals surface area contributed by atoms with Crippen LogP contribution in [0.3, 0.4) is 0 Å². The summed E-state index contributed by atoms with van der Waals surface area (Å²) in [4.78, 5) is 0. The summed E-state index contributed by atoms with van der Waals surface area (Å²) >= 11 is 0. The molecule has 11 heteroatoms. The fourth-order valence-electron chi connectivity index (χ4n) is 8.53. The molecule has 72 heavy (non-hydrogen) atoms. The van der Waals surface area contributed by atoms with Gasteiger partial charge in [0, 0.05) is 0 Å². The molecule has 6 unspecified atom stereocenters. The molecule has 2 aliphatic rings. The number of hydrogen-bond acceptors (Lipinski definition) is 11. The fourth-order valence-corrected chi connectivity index (χ4v) is 8.53. The van der Waals surface area contributed by atoms with E-state index in [0.29, 0.717) is 22.3 Å². The van der Waals surface area contributed by atoms with Crippen molar-refractivity contribution in [2.75, 3.05) is 13.2 Å². The molecule has 0 radical (unpaired) electrons. The Bertz CT molecular complexity index is 2710. The van der Waals surface area contributed by atoms with Crippen LogP contribution >= 0.6 is 0 Å². The zero-order valence-corrected chi connectivity index (χ0v) is 39.9. The highest BCUT2D eigenvalue weighted by Gasteiger charge is 2.52. The third kappa shape index (κ3) is 14.8. The van der Waals surface area contributed by atoms with Crippen molar-refractivity contribution in [1.82, 2.24) is 0 Å². The first-order valence-electron chi connectivity index (χ1n) is 26.6. The molecule has 1 N–H and O–H groups in total. The van der Waals surface area contributed by atoms with Crippen LogP contribution in [0, 0.1) is 0 Å². The summed E-state index contributed by atoms with van der Waals surface area (Å²) in [5.41, 5.74) is 4.83. The van der Waals surface area contributed by atoms with Gasteiger partial charge in [0.15, 0.2) is 12.6 Å². The maximum absolute atomic E-state index is 12.0. The summed E-state index contributed by atoms with van der Waals surface area (Å²) in [5, 5.41) is 12.0. The van der Waals surface area contributed by atoms with Crippen molar-refractivity contribution in [3.63, 3.8) is 0 Å². The first-order valence-corrected chi connectivity index (χ1v) is 24.3. The highest BCUT2D eigenvalue weighted by atomic mass is 16.7. The summed E-state index contributed by atoms with van der Waals surface area (Å²) in [5.74, 6) is 0. The molecule has 2 fully saturated rings. The molecule has 9 rings (SSSR count). The Balaban J connectivity index is 1.08. The molecule has 7 aromatic carbocycles. The Kier molecular flexibility index (Phi) is 17.4. The molecule has 0 bridgehead atoms. The number of ether oxygens (including phenoxy) is 10. The average molecular weight is 977 g/mol. The van der Waals surface area contributed by atoms with Crippen molar-refractivity contribution in [2.45, 2.75) is 108 Å². The molecule has 374 valence electrons. The van der Waals surface area contributed by atoms with Crippen LogP contribution in [-0.2, 0) is 93.5 Å². The van der Waals surface area contributed by atoms with Crippen molar-refractivity contribution in [2.24, 2.45) is 0 Å². The summed E-state index contributed by atoms with van der Waals surface area (Å²) in [6.07, 6.45) is -11.7. The maximum atomic E-state index is 12.0. The van der Waals surface area contributed by atoms with Crippen LogP contribution in [0.25, 0.3) is 0 Å². The predicted molar refractivity (Wildman–Crippen MR) is 272 cm³/mol. The normalized spacial score (nSPS) is 26.7. The van der Waals surface area contributed by atoms with Crippen molar-refractivity contribution < 1.29 is 58.0 Å². The van der Waals surface area contributed by atoms with E-state index in [0.717, 1.165) is 16.7 Å². The van der Waals surface area contributed by atoms with Crippen LogP contribution in [0.15, 0.2) is 212 Å². The second-order valence-corrected chi connectivity index (χ2v) is 17.5. The zero-order valence-electron chi connectivity index (χ0n) is 43.9. The second kappa shape index (κ2) is 27.2. The lowest BCUT2D eigenvalue weighted by Crippen LogP contribution is -2.63. The zero-order chi connectivity index (χ0) is 52.5. The molecule has 0 saturated carbocycles. The molecular formula is C61H64O11. The van der Waals surface area contributed by atoms with Crippen molar-refractivity contribution in [3.05, 3.63) is 251 Å². The number of benzene rings is 7. The second-order valence-electron chi connectivity index (χ2n) is 17.5. The number of aliphatic hydroxyl groups excluding tert-OH is 1. The van der Waals surface area contributed by atoms with Crippen LogP contribution in [-0.4, -0.2) is 79.7 Å². The Morgan fingerprint density at radius 2 is 0.639 bits per heavy atom. The van der Waals surface area contributed by atoms with E-state index in [1.807, 2.05) is 140 Å². The molecule has 2 aliphatic heterocycles. The van der Waals surface area contributed by atoms with E-state index in [1.54, 1.807) is 72.8 Å². The van der Waals surface area contributed by atoms with Crippen molar-refractivity contribution in [1.29, 1.82) is 0 Å². The van der Waals surface area contributed by atoms with Crippen molar-refractivity contribution >= 4 is 0 Å². The Labute approximate surface area is 428 Å². The molecule has 14 atom stereocenters. The summed E-state index contributed by atoms with van der Waals surface area (Å²) in [6.45, 7) is -5.17. The van der Waals surface area contributed by atoms with Gasteiger partial charge in [0.2, 0.25) is 0 Å². The molecule has 0 aromatic heterocycles. The molecule has 0 amide bonds. The monoisotopic (exact) mass is 976 g/mol. The summed E-state index contributed by atoms with van der Waals surface area (Å²) < 4.78 is 104. The average Bonchev–Trinajstić information content (AvgIpc) is 3.50. The molecule has 2 heterocycles. The number of aliphatic hydroxyl groups is 1. The molecule has 0 spiro atoms. The minimum Gasteiger partial charge on any atom is -0.374 e. The van der Waals surface area contributed by atoms with Gasteiger partial charge < -0.3 is 52.5 Å². The van der Waals surface area contributed by atoms with Crippen LogP contribution in [0.4, 0.5) is 0 Å². The SMILES string of the molecule is [2H]C(OC[C@H]1OC(OC[C@H]2OC(O)[C@H](OCc3ccccc3)[C@@H](OCc3ccccc3)[C@@H]2OCc2ccccc2)[C@H](OC([2H])c2ccccc2)[C@@H](OC([2H])c2ccccc2)[C@H]1OC([2H])c1ccccc1)c1ccccc1. The van der Waals surface area contributed by atoms with Gasteiger partial charge in [-0.05, 0) is 38.9 Å². The minimum absolute atomic E-state index is 0.144. The van der Waals surface area contributed by atoms with Crippen LogP contribution in [0.1, 0.15) is 44.4 Å². The van der Waals surface area contributed by atoms with Crippen LogP contribution < -0.4 is 0 Å². The summed E-state index contributed by atoms with van der Waals surface area (Å²) in [7, 11) is 0. The lowest BCUT2D eigenvalue weighted by molar-refractivity contribution is -0.349. The maximum Gasteiger partial charge on any atom is 0.187 e. The molecule has 2 saturated heterocycles. The fraction of sp³-hybridized carbons (Fsp3) is 0.311. The third-order valence-corrected chi connectivity index (χ3v) is 12.2. The van der Waals surface area contributed by atoms with Crippen molar-refractivity contribution in [3.8, 4) is 0 Å². The topological polar surface area (TPSA) is 113 Å². The third-order valence-electron chi connectivity index (χ3n) is 12.2. The van der Waals surface area contributed by atoms with Crippen LogP contribution in [0.5, 0.6) is 0 Å². The minimum atomic E-state index is -1.52. The highest BCUT2D eigenvalue weighted by Crippen LogP contribution is 2.34. The van der Waals surface area contributed by atoms with Gasteiger partial charge >= 0.3 is 0 Å². The van der Waals surface area contributed by atoms with Gasteiger partial charge in [-0.1, -0.05) is 212 Å². The lowest BCUT2D eigenvalue weighted by Gasteiger charge is -2.47. The lowest BCUT2D eigenvalue weighted by atomic mass is 9.97. The van der Waals surface area contributed by atoms with E-state index in [2.05, 4.69) is 0 Å². The Morgan fingerprint density at radius 1 is 0.319 bits per heavy atom. The van der Waals surface area contributed by atoms with E-state index in [4.69, 9.17) is 48.7 Å². The molecule has 0 aliphatic carbocycles. The largest absolute Gasteiger partial charge is 0.374 e. The van der Waals surface area contributed by atoms with E-state index >= 15 is 0 Å².